The summed E-state index contributed by atoms with van der Waals surface area (Å²) in [4.78, 5) is 0. The number of hydrogen-bond acceptors (Lipinski definition) is 3. The van der Waals surface area contributed by atoms with Crippen LogP contribution in [0.15, 0.2) is 48.5 Å². The van der Waals surface area contributed by atoms with Gasteiger partial charge in [0.25, 0.3) is 0 Å². The molecule has 1 N–H and O–H groups in total. The van der Waals surface area contributed by atoms with Gasteiger partial charge in [0.1, 0.15) is 0 Å². The first-order chi connectivity index (χ1) is 9.86. The van der Waals surface area contributed by atoms with Gasteiger partial charge in [0.15, 0.2) is 11.5 Å². The van der Waals surface area contributed by atoms with Crippen LogP contribution in [0.3, 0.4) is 0 Å². The predicted molar refractivity (Wildman–Crippen MR) is 79.4 cm³/mol. The van der Waals surface area contributed by atoms with E-state index < -0.39 is 0 Å². The van der Waals surface area contributed by atoms with Crippen molar-refractivity contribution in [1.29, 1.82) is 0 Å². The highest BCUT2D eigenvalue weighted by molar-refractivity contribution is 5.45. The molecule has 104 valence electrons. The van der Waals surface area contributed by atoms with Crippen LogP contribution >= 0.6 is 0 Å². The molecule has 20 heavy (non-hydrogen) atoms. The van der Waals surface area contributed by atoms with Gasteiger partial charge in [0.05, 0.1) is 0 Å². The number of ether oxygens (including phenoxy) is 2. The van der Waals surface area contributed by atoms with E-state index >= 15 is 0 Å². The zero-order chi connectivity index (χ0) is 13.8. The predicted octanol–water partition coefficient (Wildman–Crippen LogP) is 2.96. The lowest BCUT2D eigenvalue weighted by Crippen LogP contribution is -2.19. The van der Waals surface area contributed by atoms with Gasteiger partial charge in [-0.05, 0) is 36.7 Å². The summed E-state index contributed by atoms with van der Waals surface area (Å²) in [6.07, 6.45) is 0.988. The maximum Gasteiger partial charge on any atom is 0.231 e. The lowest BCUT2D eigenvalue weighted by atomic mass is 9.92. The standard InChI is InChI=1S/C17H19NO2/c1-18-11-15(14-5-3-2-4-6-14)9-13-7-8-16-17(10-13)20-12-19-16/h2-8,10,15,18H,9,11-12H2,1H3. The van der Waals surface area contributed by atoms with Crippen LogP contribution in [0.25, 0.3) is 0 Å². The Morgan fingerprint density at radius 2 is 1.85 bits per heavy atom. The summed E-state index contributed by atoms with van der Waals surface area (Å²) < 4.78 is 10.8. The Bertz CT molecular complexity index is 568. The zero-order valence-electron chi connectivity index (χ0n) is 11.6. The molecule has 0 saturated carbocycles. The van der Waals surface area contributed by atoms with E-state index in [9.17, 15) is 0 Å². The van der Waals surface area contributed by atoms with Gasteiger partial charge in [-0.1, -0.05) is 36.4 Å². The van der Waals surface area contributed by atoms with E-state index in [2.05, 4.69) is 47.8 Å². The number of hydrogen-bond donors (Lipinski definition) is 1. The van der Waals surface area contributed by atoms with E-state index in [-0.39, 0.29) is 0 Å². The molecule has 0 bridgehead atoms. The summed E-state index contributed by atoms with van der Waals surface area (Å²) in [6.45, 7) is 1.29. The molecule has 3 rings (SSSR count). The fraction of sp³-hybridized carbons (Fsp3) is 0.294. The van der Waals surface area contributed by atoms with Gasteiger partial charge in [-0.15, -0.1) is 0 Å². The third kappa shape index (κ3) is 2.78. The van der Waals surface area contributed by atoms with Gasteiger partial charge in [0.2, 0.25) is 6.79 Å². The van der Waals surface area contributed by atoms with Crippen LogP contribution in [0.4, 0.5) is 0 Å². The highest BCUT2D eigenvalue weighted by atomic mass is 16.7. The van der Waals surface area contributed by atoms with Crippen LogP contribution in [0.2, 0.25) is 0 Å². The molecule has 2 aromatic carbocycles. The van der Waals surface area contributed by atoms with Gasteiger partial charge < -0.3 is 14.8 Å². The monoisotopic (exact) mass is 269 g/mol. The van der Waals surface area contributed by atoms with Crippen molar-refractivity contribution >= 4 is 0 Å². The smallest absolute Gasteiger partial charge is 0.231 e. The van der Waals surface area contributed by atoms with Crippen molar-refractivity contribution in [2.75, 3.05) is 20.4 Å². The van der Waals surface area contributed by atoms with Crippen LogP contribution in [-0.4, -0.2) is 20.4 Å². The van der Waals surface area contributed by atoms with Crippen molar-refractivity contribution in [2.24, 2.45) is 0 Å². The molecule has 3 nitrogen and oxygen atoms in total. The Balaban J connectivity index is 1.80. The Hall–Kier alpha value is -2.00. The van der Waals surface area contributed by atoms with Crippen molar-refractivity contribution in [2.45, 2.75) is 12.3 Å². The summed E-state index contributed by atoms with van der Waals surface area (Å²) in [7, 11) is 2.00. The second-order valence-electron chi connectivity index (χ2n) is 5.06. The normalized spacial score (nSPS) is 14.2. The lowest BCUT2D eigenvalue weighted by molar-refractivity contribution is 0.174. The number of likely N-dealkylation sites (N-methyl/N-ethyl adjacent to an activating group) is 1. The summed E-state index contributed by atoms with van der Waals surface area (Å²) in [5.74, 6) is 2.17. The molecule has 1 aliphatic rings. The summed E-state index contributed by atoms with van der Waals surface area (Å²) in [5.41, 5.74) is 2.64. The Kier molecular flexibility index (Phi) is 3.88. The van der Waals surface area contributed by atoms with E-state index in [1.54, 1.807) is 0 Å². The first-order valence-electron chi connectivity index (χ1n) is 6.95. The van der Waals surface area contributed by atoms with Crippen molar-refractivity contribution in [3.8, 4) is 11.5 Å². The van der Waals surface area contributed by atoms with Gasteiger partial charge in [-0.3, -0.25) is 0 Å². The minimum absolute atomic E-state index is 0.331. The Morgan fingerprint density at radius 1 is 1.05 bits per heavy atom. The lowest BCUT2D eigenvalue weighted by Gasteiger charge is -2.17. The van der Waals surface area contributed by atoms with E-state index in [0.717, 1.165) is 24.5 Å². The second-order valence-corrected chi connectivity index (χ2v) is 5.06. The number of rotatable bonds is 5. The Morgan fingerprint density at radius 3 is 2.65 bits per heavy atom. The van der Waals surface area contributed by atoms with Gasteiger partial charge in [-0.2, -0.15) is 0 Å². The number of benzene rings is 2. The van der Waals surface area contributed by atoms with E-state index in [0.29, 0.717) is 12.7 Å². The van der Waals surface area contributed by atoms with Crippen LogP contribution in [0.5, 0.6) is 11.5 Å². The minimum Gasteiger partial charge on any atom is -0.454 e. The fourth-order valence-corrected chi connectivity index (χ4v) is 2.63. The molecule has 0 aliphatic carbocycles. The molecular weight excluding hydrogens is 250 g/mol. The molecule has 2 aromatic rings. The van der Waals surface area contributed by atoms with Crippen molar-refractivity contribution in [3.05, 3.63) is 59.7 Å². The first-order valence-corrected chi connectivity index (χ1v) is 6.95. The largest absolute Gasteiger partial charge is 0.454 e. The summed E-state index contributed by atoms with van der Waals surface area (Å²) >= 11 is 0. The van der Waals surface area contributed by atoms with Crippen molar-refractivity contribution < 1.29 is 9.47 Å². The molecule has 0 spiro atoms. The highest BCUT2D eigenvalue weighted by Gasteiger charge is 2.16. The Labute approximate surface area is 119 Å². The van der Waals surface area contributed by atoms with Crippen LogP contribution < -0.4 is 14.8 Å². The maximum atomic E-state index is 5.45. The topological polar surface area (TPSA) is 30.5 Å². The quantitative estimate of drug-likeness (QED) is 0.905. The van der Waals surface area contributed by atoms with Crippen LogP contribution in [0.1, 0.15) is 17.0 Å². The first kappa shape index (κ1) is 13.0. The number of nitrogens with one attached hydrogen (secondary N) is 1. The molecule has 1 heterocycles. The molecule has 1 unspecified atom stereocenters. The van der Waals surface area contributed by atoms with E-state index in [4.69, 9.17) is 9.47 Å². The van der Waals surface area contributed by atoms with Gasteiger partial charge in [0, 0.05) is 12.5 Å². The van der Waals surface area contributed by atoms with Crippen molar-refractivity contribution in [1.82, 2.24) is 5.32 Å². The molecule has 0 radical (unpaired) electrons. The molecule has 3 heteroatoms. The maximum absolute atomic E-state index is 5.45. The third-order valence-corrected chi connectivity index (χ3v) is 3.64. The van der Waals surface area contributed by atoms with Crippen LogP contribution in [-0.2, 0) is 6.42 Å². The SMILES string of the molecule is CNCC(Cc1ccc2c(c1)OCO2)c1ccccc1. The molecular formula is C17H19NO2. The van der Waals surface area contributed by atoms with E-state index in [1.165, 1.54) is 11.1 Å². The molecule has 0 fully saturated rings. The molecule has 1 aliphatic heterocycles. The average Bonchev–Trinajstić information content (AvgIpc) is 2.95. The van der Waals surface area contributed by atoms with Gasteiger partial charge >= 0.3 is 0 Å². The minimum atomic E-state index is 0.331. The second kappa shape index (κ2) is 5.97. The highest BCUT2D eigenvalue weighted by Crippen LogP contribution is 2.33. The van der Waals surface area contributed by atoms with Crippen LogP contribution in [0, 0.1) is 0 Å². The molecule has 1 atom stereocenters. The fourth-order valence-electron chi connectivity index (χ4n) is 2.63. The summed E-state index contributed by atoms with van der Waals surface area (Å²) in [5, 5.41) is 3.28. The molecule has 0 amide bonds. The number of fused-ring (bicyclic) bond motifs is 1. The average molecular weight is 269 g/mol. The van der Waals surface area contributed by atoms with Gasteiger partial charge in [-0.25, -0.2) is 0 Å². The van der Waals surface area contributed by atoms with Crippen molar-refractivity contribution in [3.63, 3.8) is 0 Å². The third-order valence-electron chi connectivity index (χ3n) is 3.64. The zero-order valence-corrected chi connectivity index (χ0v) is 11.6. The summed E-state index contributed by atoms with van der Waals surface area (Å²) in [6, 6.07) is 16.8. The van der Waals surface area contributed by atoms with E-state index in [1.807, 2.05) is 13.1 Å². The molecule has 0 saturated heterocycles. The molecule has 0 aromatic heterocycles.